The van der Waals surface area contributed by atoms with Gasteiger partial charge in [-0.15, -0.1) is 0 Å². The summed E-state index contributed by atoms with van der Waals surface area (Å²) in [5, 5.41) is 14.4. The van der Waals surface area contributed by atoms with E-state index in [0.717, 1.165) is 23.4 Å². The zero-order chi connectivity index (χ0) is 14.5. The van der Waals surface area contributed by atoms with Crippen molar-refractivity contribution in [2.45, 2.75) is 19.9 Å². The first-order chi connectivity index (χ1) is 9.62. The van der Waals surface area contributed by atoms with Gasteiger partial charge in [0.1, 0.15) is 0 Å². The maximum absolute atomic E-state index is 7.30. The Morgan fingerprint density at radius 1 is 1.45 bits per heavy atom. The average molecular weight is 270 g/mol. The lowest BCUT2D eigenvalue weighted by Crippen LogP contribution is -2.23. The number of aryl methyl sites for hydroxylation is 1. The highest BCUT2D eigenvalue weighted by Gasteiger charge is 2.09. The summed E-state index contributed by atoms with van der Waals surface area (Å²) in [6.07, 6.45) is 2.53. The van der Waals surface area contributed by atoms with Crippen molar-refractivity contribution in [3.63, 3.8) is 0 Å². The first kappa shape index (κ1) is 13.8. The predicted molar refractivity (Wildman–Crippen MR) is 80.6 cm³/mol. The lowest BCUT2D eigenvalue weighted by Gasteiger charge is -2.07. The summed E-state index contributed by atoms with van der Waals surface area (Å²) in [7, 11) is 0. The zero-order valence-electron chi connectivity index (χ0n) is 11.4. The molecule has 0 aliphatic rings. The Hall–Kier alpha value is -2.63. The van der Waals surface area contributed by atoms with Gasteiger partial charge < -0.3 is 5.73 Å². The molecule has 0 bridgehead atoms. The third-order valence-electron chi connectivity index (χ3n) is 2.83. The number of anilines is 1. The third kappa shape index (κ3) is 3.23. The van der Waals surface area contributed by atoms with Crippen LogP contribution in [0.25, 0.3) is 6.08 Å². The van der Waals surface area contributed by atoms with Gasteiger partial charge in [0.25, 0.3) is 0 Å². The molecule has 1 heterocycles. The van der Waals surface area contributed by atoms with E-state index >= 15 is 0 Å². The van der Waals surface area contributed by atoms with Crippen molar-refractivity contribution in [1.29, 1.82) is 5.41 Å². The molecule has 6 nitrogen and oxygen atoms in total. The quantitative estimate of drug-likeness (QED) is 0.571. The van der Waals surface area contributed by atoms with E-state index in [9.17, 15) is 0 Å². The molecule has 4 N–H and O–H groups in total. The van der Waals surface area contributed by atoms with Crippen molar-refractivity contribution in [1.82, 2.24) is 14.8 Å². The lowest BCUT2D eigenvalue weighted by molar-refractivity contribution is 0.681. The van der Waals surface area contributed by atoms with Crippen LogP contribution in [0.4, 0.5) is 5.95 Å². The number of hydrogen-bond acceptors (Lipinski definition) is 3. The summed E-state index contributed by atoms with van der Waals surface area (Å²) in [6, 6.07) is 8.03. The van der Waals surface area contributed by atoms with E-state index in [1.807, 2.05) is 31.2 Å². The van der Waals surface area contributed by atoms with Gasteiger partial charge in [0.2, 0.25) is 5.95 Å². The van der Waals surface area contributed by atoms with Crippen LogP contribution in [0.15, 0.2) is 30.8 Å². The van der Waals surface area contributed by atoms with Gasteiger partial charge in [0, 0.05) is 6.42 Å². The van der Waals surface area contributed by atoms with Crippen LogP contribution in [-0.2, 0) is 13.0 Å². The molecular weight excluding hydrogens is 252 g/mol. The average Bonchev–Trinajstić information content (AvgIpc) is 2.81. The van der Waals surface area contributed by atoms with E-state index in [2.05, 4.69) is 22.0 Å². The van der Waals surface area contributed by atoms with E-state index in [1.165, 1.54) is 0 Å². The maximum Gasteiger partial charge on any atom is 0.228 e. The van der Waals surface area contributed by atoms with Gasteiger partial charge in [-0.05, 0) is 11.1 Å². The highest BCUT2D eigenvalue weighted by Crippen LogP contribution is 2.11. The summed E-state index contributed by atoms with van der Waals surface area (Å²) >= 11 is 0. The second-order valence-corrected chi connectivity index (χ2v) is 4.35. The van der Waals surface area contributed by atoms with Crippen LogP contribution in [0.3, 0.4) is 0 Å². The molecule has 0 spiro atoms. The van der Waals surface area contributed by atoms with Crippen LogP contribution >= 0.6 is 0 Å². The van der Waals surface area contributed by atoms with Crippen LogP contribution in [0.1, 0.15) is 23.9 Å². The largest absolute Gasteiger partial charge is 0.370 e. The molecule has 0 aliphatic carbocycles. The highest BCUT2D eigenvalue weighted by atomic mass is 15.4. The van der Waals surface area contributed by atoms with E-state index in [-0.39, 0.29) is 5.96 Å². The predicted octanol–water partition coefficient (Wildman–Crippen LogP) is 1.84. The summed E-state index contributed by atoms with van der Waals surface area (Å²) in [5.41, 5.74) is 7.52. The van der Waals surface area contributed by atoms with Crippen molar-refractivity contribution < 1.29 is 0 Å². The number of aromatic nitrogens is 3. The van der Waals surface area contributed by atoms with Crippen molar-refractivity contribution >= 4 is 18.0 Å². The third-order valence-corrected chi connectivity index (χ3v) is 2.83. The van der Waals surface area contributed by atoms with Crippen LogP contribution in [0.2, 0.25) is 0 Å². The Kier molecular flexibility index (Phi) is 4.14. The Balaban J connectivity index is 2.23. The summed E-state index contributed by atoms with van der Waals surface area (Å²) in [5.74, 6) is 1.06. The minimum atomic E-state index is -0.150. The molecule has 1 aromatic heterocycles. The minimum Gasteiger partial charge on any atom is -0.370 e. The molecule has 20 heavy (non-hydrogen) atoms. The molecule has 0 unspecified atom stereocenters. The Morgan fingerprint density at radius 3 is 2.70 bits per heavy atom. The first-order valence-corrected chi connectivity index (χ1v) is 6.38. The molecule has 0 saturated heterocycles. The molecule has 0 saturated carbocycles. The summed E-state index contributed by atoms with van der Waals surface area (Å²) in [6.45, 7) is 6.28. The van der Waals surface area contributed by atoms with Crippen LogP contribution < -0.4 is 11.1 Å². The van der Waals surface area contributed by atoms with Gasteiger partial charge in [-0.1, -0.05) is 43.8 Å². The monoisotopic (exact) mass is 270 g/mol. The second kappa shape index (κ2) is 6.01. The molecule has 6 heteroatoms. The number of nitrogens with two attached hydrogens (primary N) is 1. The van der Waals surface area contributed by atoms with Gasteiger partial charge in [-0.25, -0.2) is 4.68 Å². The van der Waals surface area contributed by atoms with E-state index < -0.39 is 0 Å². The van der Waals surface area contributed by atoms with Crippen molar-refractivity contribution in [2.24, 2.45) is 5.73 Å². The number of hydrogen-bond donors (Lipinski definition) is 3. The van der Waals surface area contributed by atoms with Crippen molar-refractivity contribution in [3.05, 3.63) is 47.8 Å². The molecule has 0 amide bonds. The van der Waals surface area contributed by atoms with Gasteiger partial charge in [0.05, 0.1) is 6.54 Å². The molecule has 104 valence electrons. The topological polar surface area (TPSA) is 92.6 Å². The van der Waals surface area contributed by atoms with E-state index in [1.54, 1.807) is 10.8 Å². The smallest absolute Gasteiger partial charge is 0.228 e. The fourth-order valence-electron chi connectivity index (χ4n) is 1.79. The van der Waals surface area contributed by atoms with Gasteiger partial charge in [-0.3, -0.25) is 10.7 Å². The van der Waals surface area contributed by atoms with Crippen LogP contribution in [0, 0.1) is 5.41 Å². The number of guanidine groups is 1. The van der Waals surface area contributed by atoms with E-state index in [0.29, 0.717) is 12.5 Å². The first-order valence-electron chi connectivity index (χ1n) is 6.38. The number of rotatable bonds is 5. The zero-order valence-corrected chi connectivity index (χ0v) is 11.4. The van der Waals surface area contributed by atoms with Gasteiger partial charge >= 0.3 is 0 Å². The number of benzene rings is 1. The highest BCUT2D eigenvalue weighted by molar-refractivity contribution is 5.87. The van der Waals surface area contributed by atoms with E-state index in [4.69, 9.17) is 11.1 Å². The molecule has 0 radical (unpaired) electrons. The number of nitrogens with one attached hydrogen (secondary N) is 2. The van der Waals surface area contributed by atoms with Gasteiger partial charge in [0.15, 0.2) is 11.8 Å². The molecule has 0 aliphatic heterocycles. The fraction of sp³-hybridized carbons (Fsp3) is 0.214. The standard InChI is InChI=1S/C14H18N6/c1-3-10-5-7-11(8-6-10)9-20-14(18-13(15)16)17-12(4-2)19-20/h3,5-8H,1,4,9H2,2H3,(H4,15,16,17,18,19). The molecule has 0 atom stereocenters. The SMILES string of the molecule is C=Cc1ccc(Cn2nc(CC)nc2NC(=N)N)cc1. The minimum absolute atomic E-state index is 0.150. The molecule has 0 fully saturated rings. The van der Waals surface area contributed by atoms with Gasteiger partial charge in [-0.2, -0.15) is 10.1 Å². The van der Waals surface area contributed by atoms with Crippen LogP contribution in [-0.4, -0.2) is 20.7 Å². The Morgan fingerprint density at radius 2 is 2.15 bits per heavy atom. The molecule has 2 rings (SSSR count). The van der Waals surface area contributed by atoms with Crippen molar-refractivity contribution in [3.8, 4) is 0 Å². The normalized spacial score (nSPS) is 10.2. The summed E-state index contributed by atoms with van der Waals surface area (Å²) < 4.78 is 1.71. The summed E-state index contributed by atoms with van der Waals surface area (Å²) in [4.78, 5) is 4.30. The lowest BCUT2D eigenvalue weighted by atomic mass is 10.1. The van der Waals surface area contributed by atoms with Crippen LogP contribution in [0.5, 0.6) is 0 Å². The maximum atomic E-state index is 7.30. The molecule has 2 aromatic rings. The molecular formula is C14H18N6. The molecule has 1 aromatic carbocycles. The second-order valence-electron chi connectivity index (χ2n) is 4.35. The Bertz CT molecular complexity index is 611. The number of nitrogens with zero attached hydrogens (tertiary/aromatic N) is 3. The fourth-order valence-corrected chi connectivity index (χ4v) is 1.79. The Labute approximate surface area is 117 Å². The van der Waals surface area contributed by atoms with Crippen molar-refractivity contribution in [2.75, 3.05) is 5.32 Å².